The van der Waals surface area contributed by atoms with Crippen molar-refractivity contribution in [3.05, 3.63) is 35.9 Å². The van der Waals surface area contributed by atoms with Crippen LogP contribution in [0.25, 0.3) is 0 Å². The Morgan fingerprint density at radius 3 is 2.71 bits per heavy atom. The van der Waals surface area contributed by atoms with Crippen molar-refractivity contribution in [2.24, 2.45) is 0 Å². The van der Waals surface area contributed by atoms with E-state index in [2.05, 4.69) is 47.5 Å². The Bertz CT molecular complexity index is 405. The summed E-state index contributed by atoms with van der Waals surface area (Å²) in [4.78, 5) is 2.51. The monoisotopic (exact) mass is 290 g/mol. The van der Waals surface area contributed by atoms with Crippen LogP contribution in [0.5, 0.6) is 0 Å². The predicted molar refractivity (Wildman–Crippen MR) is 88.4 cm³/mol. The van der Waals surface area contributed by atoms with Crippen LogP contribution in [0.15, 0.2) is 30.3 Å². The van der Waals surface area contributed by atoms with E-state index in [4.69, 9.17) is 0 Å². The lowest BCUT2D eigenvalue weighted by Crippen LogP contribution is -2.31. The summed E-state index contributed by atoms with van der Waals surface area (Å²) in [5.74, 6) is 0. The molecule has 1 aromatic rings. The minimum atomic E-state index is -0.463. The Labute approximate surface area is 129 Å². The summed E-state index contributed by atoms with van der Waals surface area (Å²) in [6.07, 6.45) is 4.05. The van der Waals surface area contributed by atoms with Crippen LogP contribution >= 0.6 is 0 Å². The minimum Gasteiger partial charge on any atom is -0.390 e. The molecule has 3 heteroatoms. The summed E-state index contributed by atoms with van der Waals surface area (Å²) in [5.41, 5.74) is 0.913. The number of benzene rings is 1. The zero-order valence-electron chi connectivity index (χ0n) is 13.5. The molecule has 1 aromatic carbocycles. The molecule has 1 heterocycles. The Balaban J connectivity index is 1.87. The van der Waals surface area contributed by atoms with E-state index >= 15 is 0 Å². The second-order valence-corrected chi connectivity index (χ2v) is 6.50. The molecule has 0 radical (unpaired) electrons. The van der Waals surface area contributed by atoms with E-state index in [0.717, 1.165) is 51.9 Å². The number of likely N-dealkylation sites (tertiary alicyclic amines) is 1. The fourth-order valence-electron chi connectivity index (χ4n) is 3.17. The van der Waals surface area contributed by atoms with Gasteiger partial charge in [0.2, 0.25) is 0 Å². The average molecular weight is 290 g/mol. The van der Waals surface area contributed by atoms with Gasteiger partial charge in [-0.25, -0.2) is 0 Å². The van der Waals surface area contributed by atoms with Gasteiger partial charge in [-0.1, -0.05) is 37.3 Å². The molecule has 1 fully saturated rings. The van der Waals surface area contributed by atoms with Crippen LogP contribution in [0.2, 0.25) is 0 Å². The molecule has 0 amide bonds. The molecule has 2 unspecified atom stereocenters. The van der Waals surface area contributed by atoms with Crippen molar-refractivity contribution in [3.8, 4) is 0 Å². The van der Waals surface area contributed by atoms with Gasteiger partial charge in [0.25, 0.3) is 0 Å². The van der Waals surface area contributed by atoms with E-state index < -0.39 is 5.60 Å². The number of aliphatic hydroxyl groups is 1. The maximum Gasteiger partial charge on any atom is 0.0632 e. The van der Waals surface area contributed by atoms with Crippen molar-refractivity contribution in [2.45, 2.75) is 51.2 Å². The highest BCUT2D eigenvalue weighted by molar-refractivity contribution is 5.18. The Kier molecular flexibility index (Phi) is 6.22. The molecule has 0 saturated carbocycles. The lowest BCUT2D eigenvalue weighted by atomic mass is 9.98. The Morgan fingerprint density at radius 1 is 1.24 bits per heavy atom. The average Bonchev–Trinajstić information content (AvgIpc) is 2.65. The first kappa shape index (κ1) is 16.5. The molecule has 2 atom stereocenters. The van der Waals surface area contributed by atoms with Gasteiger partial charge in [-0.2, -0.15) is 0 Å². The molecule has 3 nitrogen and oxygen atoms in total. The fraction of sp³-hybridized carbons (Fsp3) is 0.667. The Hall–Kier alpha value is -0.900. The van der Waals surface area contributed by atoms with E-state index in [1.807, 2.05) is 6.92 Å². The van der Waals surface area contributed by atoms with Gasteiger partial charge >= 0.3 is 0 Å². The molecular weight excluding hydrogens is 260 g/mol. The normalized spacial score (nSPS) is 25.5. The lowest BCUT2D eigenvalue weighted by molar-refractivity contribution is 0.0445. The van der Waals surface area contributed by atoms with Gasteiger partial charge in [0, 0.05) is 12.6 Å². The van der Waals surface area contributed by atoms with Crippen molar-refractivity contribution in [3.63, 3.8) is 0 Å². The van der Waals surface area contributed by atoms with Crippen LogP contribution in [0.3, 0.4) is 0 Å². The third kappa shape index (κ3) is 5.42. The predicted octanol–water partition coefficient (Wildman–Crippen LogP) is 2.96. The summed E-state index contributed by atoms with van der Waals surface area (Å²) in [6.45, 7) is 8.36. The standard InChI is InChI=1S/C18H30N2O/c1-3-19-17(16-8-5-4-6-9-16)10-14-20-13-7-11-18(2,21)12-15-20/h4-6,8-9,17,19,21H,3,7,10-15H2,1-2H3. The van der Waals surface area contributed by atoms with Crippen LogP contribution in [-0.4, -0.2) is 41.8 Å². The van der Waals surface area contributed by atoms with Gasteiger partial charge in [0.15, 0.2) is 0 Å². The molecule has 0 bridgehead atoms. The third-order valence-corrected chi connectivity index (χ3v) is 4.54. The second kappa shape index (κ2) is 7.92. The summed E-state index contributed by atoms with van der Waals surface area (Å²) in [6, 6.07) is 11.1. The van der Waals surface area contributed by atoms with Crippen molar-refractivity contribution in [1.82, 2.24) is 10.2 Å². The van der Waals surface area contributed by atoms with Gasteiger partial charge in [-0.15, -0.1) is 0 Å². The SMILES string of the molecule is CCNC(CCN1CCCC(C)(O)CC1)c1ccccc1. The topological polar surface area (TPSA) is 35.5 Å². The molecule has 118 valence electrons. The van der Waals surface area contributed by atoms with Crippen LogP contribution < -0.4 is 5.32 Å². The largest absolute Gasteiger partial charge is 0.390 e. The smallest absolute Gasteiger partial charge is 0.0632 e. The van der Waals surface area contributed by atoms with Crippen LogP contribution in [0, 0.1) is 0 Å². The molecule has 1 saturated heterocycles. The third-order valence-electron chi connectivity index (χ3n) is 4.54. The van der Waals surface area contributed by atoms with E-state index in [-0.39, 0.29) is 0 Å². The molecule has 1 aliphatic rings. The van der Waals surface area contributed by atoms with E-state index in [0.29, 0.717) is 6.04 Å². The van der Waals surface area contributed by atoms with Crippen molar-refractivity contribution in [2.75, 3.05) is 26.2 Å². The fourth-order valence-corrected chi connectivity index (χ4v) is 3.17. The first-order chi connectivity index (χ1) is 10.1. The molecule has 2 rings (SSSR count). The van der Waals surface area contributed by atoms with Crippen molar-refractivity contribution in [1.29, 1.82) is 0 Å². The quantitative estimate of drug-likeness (QED) is 0.845. The highest BCUT2D eigenvalue weighted by atomic mass is 16.3. The van der Waals surface area contributed by atoms with Crippen LogP contribution in [-0.2, 0) is 0 Å². The number of hydrogen-bond donors (Lipinski definition) is 2. The van der Waals surface area contributed by atoms with Gasteiger partial charge in [0.1, 0.15) is 0 Å². The van der Waals surface area contributed by atoms with E-state index in [1.165, 1.54) is 5.56 Å². The van der Waals surface area contributed by atoms with E-state index in [9.17, 15) is 5.11 Å². The molecule has 21 heavy (non-hydrogen) atoms. The summed E-state index contributed by atoms with van der Waals surface area (Å²) in [5, 5.41) is 13.8. The maximum atomic E-state index is 10.2. The van der Waals surface area contributed by atoms with Gasteiger partial charge in [-0.05, 0) is 57.8 Å². The second-order valence-electron chi connectivity index (χ2n) is 6.50. The van der Waals surface area contributed by atoms with Crippen LogP contribution in [0.1, 0.15) is 51.1 Å². The molecule has 1 aliphatic heterocycles. The molecule has 0 aliphatic carbocycles. The molecule has 0 spiro atoms. The molecular formula is C18H30N2O. The van der Waals surface area contributed by atoms with E-state index in [1.54, 1.807) is 0 Å². The highest BCUT2D eigenvalue weighted by Crippen LogP contribution is 2.23. The first-order valence-electron chi connectivity index (χ1n) is 8.34. The number of nitrogens with one attached hydrogen (secondary N) is 1. The van der Waals surface area contributed by atoms with Gasteiger partial charge in [0.05, 0.1) is 5.60 Å². The minimum absolute atomic E-state index is 0.431. The van der Waals surface area contributed by atoms with Crippen molar-refractivity contribution < 1.29 is 5.11 Å². The summed E-state index contributed by atoms with van der Waals surface area (Å²) >= 11 is 0. The highest BCUT2D eigenvalue weighted by Gasteiger charge is 2.25. The Morgan fingerprint density at radius 2 is 2.00 bits per heavy atom. The number of nitrogens with zero attached hydrogens (tertiary/aromatic N) is 1. The summed E-state index contributed by atoms with van der Waals surface area (Å²) < 4.78 is 0. The first-order valence-corrected chi connectivity index (χ1v) is 8.34. The van der Waals surface area contributed by atoms with Gasteiger partial charge in [-0.3, -0.25) is 0 Å². The lowest BCUT2D eigenvalue weighted by Gasteiger charge is -2.25. The number of rotatable bonds is 6. The zero-order valence-corrected chi connectivity index (χ0v) is 13.5. The van der Waals surface area contributed by atoms with Crippen molar-refractivity contribution >= 4 is 0 Å². The van der Waals surface area contributed by atoms with Crippen LogP contribution in [0.4, 0.5) is 0 Å². The molecule has 2 N–H and O–H groups in total. The maximum absolute atomic E-state index is 10.2. The zero-order chi connectivity index (χ0) is 15.1. The van der Waals surface area contributed by atoms with Gasteiger partial charge < -0.3 is 15.3 Å². The molecule has 0 aromatic heterocycles. The number of hydrogen-bond acceptors (Lipinski definition) is 3. The summed E-state index contributed by atoms with van der Waals surface area (Å²) in [7, 11) is 0.